The summed E-state index contributed by atoms with van der Waals surface area (Å²) in [6.45, 7) is 7.80. The highest BCUT2D eigenvalue weighted by Crippen LogP contribution is 2.30. The number of hydrogen-bond donors (Lipinski definition) is 1. The van der Waals surface area contributed by atoms with Crippen LogP contribution in [0, 0.1) is 3.57 Å². The van der Waals surface area contributed by atoms with Gasteiger partial charge in [0.1, 0.15) is 18.0 Å². The summed E-state index contributed by atoms with van der Waals surface area (Å²) in [5.74, 6) is 0.512. The lowest BCUT2D eigenvalue weighted by Gasteiger charge is -2.41. The van der Waals surface area contributed by atoms with Gasteiger partial charge in [0.05, 0.1) is 16.2 Å². The maximum atomic E-state index is 13.2. The summed E-state index contributed by atoms with van der Waals surface area (Å²) in [6.07, 6.45) is 2.36. The van der Waals surface area contributed by atoms with Gasteiger partial charge in [-0.3, -0.25) is 9.59 Å². The summed E-state index contributed by atoms with van der Waals surface area (Å²) in [5.41, 5.74) is 0.565. The first-order valence-electron chi connectivity index (χ1n) is 11.7. The number of aliphatic hydroxyl groups is 1. The number of halogens is 1. The van der Waals surface area contributed by atoms with E-state index in [9.17, 15) is 14.7 Å². The van der Waals surface area contributed by atoms with Crippen LogP contribution in [0.5, 0.6) is 5.75 Å². The van der Waals surface area contributed by atoms with Crippen LogP contribution in [-0.4, -0.2) is 78.3 Å². The van der Waals surface area contributed by atoms with E-state index in [0.717, 1.165) is 16.4 Å². The molecular weight excluding hydrogens is 535 g/mol. The molecule has 1 unspecified atom stereocenters. The van der Waals surface area contributed by atoms with Crippen molar-refractivity contribution in [3.63, 3.8) is 0 Å². The van der Waals surface area contributed by atoms with Crippen molar-refractivity contribution in [1.29, 1.82) is 0 Å². The van der Waals surface area contributed by atoms with Gasteiger partial charge in [-0.1, -0.05) is 25.5 Å². The van der Waals surface area contributed by atoms with Gasteiger partial charge in [-0.15, -0.1) is 0 Å². The van der Waals surface area contributed by atoms with E-state index < -0.39 is 18.2 Å². The van der Waals surface area contributed by atoms with Crippen molar-refractivity contribution in [1.82, 2.24) is 9.80 Å². The van der Waals surface area contributed by atoms with Crippen molar-refractivity contribution in [2.45, 2.75) is 64.7 Å². The van der Waals surface area contributed by atoms with E-state index in [4.69, 9.17) is 9.47 Å². The average molecular weight is 572 g/mol. The number of amides is 2. The number of likely N-dealkylation sites (N-methyl/N-ethyl adjacent to an activating group) is 1. The number of carbonyl (C=O) groups excluding carboxylic acids is 2. The Morgan fingerprint density at radius 2 is 1.88 bits per heavy atom. The van der Waals surface area contributed by atoms with E-state index in [1.165, 1.54) is 0 Å². The maximum absolute atomic E-state index is 13.2. The van der Waals surface area contributed by atoms with Crippen LogP contribution >= 0.6 is 22.6 Å². The molecule has 0 heterocycles. The summed E-state index contributed by atoms with van der Waals surface area (Å²) in [6, 6.07) is 6.98. The molecule has 0 radical (unpaired) electrons. The smallest absolute Gasteiger partial charge is 0.249 e. The van der Waals surface area contributed by atoms with Crippen molar-refractivity contribution in [3.05, 3.63) is 39.5 Å². The van der Waals surface area contributed by atoms with E-state index in [1.807, 2.05) is 45.0 Å². The quantitative estimate of drug-likeness (QED) is 0.387. The second-order valence-electron chi connectivity index (χ2n) is 8.13. The molecule has 1 aliphatic carbocycles. The van der Waals surface area contributed by atoms with Crippen LogP contribution in [-0.2, 0) is 14.3 Å². The summed E-state index contributed by atoms with van der Waals surface area (Å²) in [7, 11) is 1.59. The highest BCUT2D eigenvalue weighted by atomic mass is 127. The van der Waals surface area contributed by atoms with Crippen molar-refractivity contribution < 1.29 is 24.2 Å². The minimum atomic E-state index is -0.975. The number of nitrogens with zero attached hydrogens (tertiary/aromatic N) is 2. The van der Waals surface area contributed by atoms with Gasteiger partial charge >= 0.3 is 0 Å². The molecule has 0 aliphatic heterocycles. The molecule has 0 saturated carbocycles. The predicted molar refractivity (Wildman–Crippen MR) is 137 cm³/mol. The molecule has 1 aromatic rings. The molecule has 0 spiro atoms. The Morgan fingerprint density at radius 1 is 1.18 bits per heavy atom. The van der Waals surface area contributed by atoms with Crippen molar-refractivity contribution >= 4 is 34.4 Å². The third-order valence-electron chi connectivity index (χ3n) is 5.95. The normalized spacial score (nSPS) is 20.2. The Balaban J connectivity index is 2.42. The third-order valence-corrected chi connectivity index (χ3v) is 6.84. The van der Waals surface area contributed by atoms with Crippen molar-refractivity contribution in [2.75, 3.05) is 33.4 Å². The number of rotatable bonds is 12. The van der Waals surface area contributed by atoms with E-state index in [1.54, 1.807) is 23.0 Å². The first-order valence-corrected chi connectivity index (χ1v) is 12.8. The molecule has 0 saturated heterocycles. The van der Waals surface area contributed by atoms with Gasteiger partial charge in [0, 0.05) is 45.2 Å². The second-order valence-corrected chi connectivity index (χ2v) is 9.29. The SMILES string of the molecule is CCCCC(=O)N(CCOC)[C@@H]1CC(C(=O)N(CC)CC)=C[C@H](Oc2ccccc2I)C1O. The first-order chi connectivity index (χ1) is 15.9. The van der Waals surface area contributed by atoms with Crippen LogP contribution in [0.4, 0.5) is 0 Å². The maximum Gasteiger partial charge on any atom is 0.249 e. The molecule has 7 nitrogen and oxygen atoms in total. The lowest BCUT2D eigenvalue weighted by molar-refractivity contribution is -0.140. The van der Waals surface area contributed by atoms with Gasteiger partial charge in [-0.25, -0.2) is 0 Å². The van der Waals surface area contributed by atoms with Gasteiger partial charge in [0.15, 0.2) is 0 Å². The molecular formula is C25H37IN2O5. The molecule has 1 aromatic carbocycles. The van der Waals surface area contributed by atoms with Crippen LogP contribution in [0.1, 0.15) is 46.5 Å². The molecule has 1 N–H and O–H groups in total. The van der Waals surface area contributed by atoms with E-state index in [2.05, 4.69) is 22.6 Å². The predicted octanol–water partition coefficient (Wildman–Crippen LogP) is 3.63. The fourth-order valence-electron chi connectivity index (χ4n) is 4.02. The van der Waals surface area contributed by atoms with Crippen molar-refractivity contribution in [3.8, 4) is 5.75 Å². The number of aliphatic hydroxyl groups excluding tert-OH is 1. The van der Waals surface area contributed by atoms with E-state index in [-0.39, 0.29) is 18.2 Å². The zero-order chi connectivity index (χ0) is 24.4. The number of benzene rings is 1. The highest BCUT2D eigenvalue weighted by molar-refractivity contribution is 14.1. The summed E-state index contributed by atoms with van der Waals surface area (Å²) >= 11 is 2.18. The molecule has 2 rings (SSSR count). The Hall–Kier alpha value is -1.65. The Kier molecular flexibility index (Phi) is 11.6. The summed E-state index contributed by atoms with van der Waals surface area (Å²) in [5, 5.41) is 11.3. The number of carbonyl (C=O) groups is 2. The van der Waals surface area contributed by atoms with Gasteiger partial charge in [0.25, 0.3) is 0 Å². The van der Waals surface area contributed by atoms with Gasteiger partial charge < -0.3 is 24.4 Å². The molecule has 3 atom stereocenters. The van der Waals surface area contributed by atoms with Crippen LogP contribution in [0.3, 0.4) is 0 Å². The number of para-hydroxylation sites is 1. The van der Waals surface area contributed by atoms with E-state index in [0.29, 0.717) is 44.0 Å². The van der Waals surface area contributed by atoms with Gasteiger partial charge in [-0.05, 0) is 61.1 Å². The largest absolute Gasteiger partial charge is 0.482 e. The molecule has 8 heteroatoms. The number of hydrogen-bond acceptors (Lipinski definition) is 5. The Bertz CT molecular complexity index is 812. The zero-order valence-corrected chi connectivity index (χ0v) is 22.3. The van der Waals surface area contributed by atoms with Crippen LogP contribution in [0.15, 0.2) is 35.9 Å². The zero-order valence-electron chi connectivity index (χ0n) is 20.1. The molecule has 0 aromatic heterocycles. The number of methoxy groups -OCH3 is 1. The van der Waals surface area contributed by atoms with E-state index >= 15 is 0 Å². The Morgan fingerprint density at radius 3 is 2.48 bits per heavy atom. The summed E-state index contributed by atoms with van der Waals surface area (Å²) in [4.78, 5) is 29.8. The lowest BCUT2D eigenvalue weighted by Crippen LogP contribution is -2.55. The molecule has 2 amide bonds. The molecule has 1 aliphatic rings. The first kappa shape index (κ1) is 27.6. The topological polar surface area (TPSA) is 79.3 Å². The molecule has 0 fully saturated rings. The molecule has 0 bridgehead atoms. The standard InChI is InChI=1S/C25H37IN2O5/c1-5-8-13-23(29)28(14-15-32-4)20-16-18(25(31)27(6-2)7-3)17-22(24(20)30)33-21-12-10-9-11-19(21)26/h9-12,17,20,22,24,30H,5-8,13-16H2,1-4H3/t20-,22+,24?/m1/s1. The Labute approximate surface area is 211 Å². The van der Waals surface area contributed by atoms with Crippen LogP contribution < -0.4 is 4.74 Å². The lowest BCUT2D eigenvalue weighted by atomic mass is 9.87. The minimum absolute atomic E-state index is 0.0393. The summed E-state index contributed by atoms with van der Waals surface area (Å²) < 4.78 is 12.3. The van der Waals surface area contributed by atoms with Gasteiger partial charge in [-0.2, -0.15) is 0 Å². The number of unbranched alkanes of at least 4 members (excludes halogenated alkanes) is 1. The molecule has 33 heavy (non-hydrogen) atoms. The highest BCUT2D eigenvalue weighted by Gasteiger charge is 2.40. The molecule has 184 valence electrons. The number of ether oxygens (including phenoxy) is 2. The van der Waals surface area contributed by atoms with Crippen LogP contribution in [0.25, 0.3) is 0 Å². The fraction of sp³-hybridized carbons (Fsp3) is 0.600. The second kappa shape index (κ2) is 13.9. The van der Waals surface area contributed by atoms with Crippen LogP contribution in [0.2, 0.25) is 0 Å². The average Bonchev–Trinajstić information content (AvgIpc) is 2.81. The monoisotopic (exact) mass is 572 g/mol. The third kappa shape index (κ3) is 7.42. The van der Waals surface area contributed by atoms with Gasteiger partial charge in [0.2, 0.25) is 11.8 Å². The fourth-order valence-corrected chi connectivity index (χ4v) is 4.54. The minimum Gasteiger partial charge on any atom is -0.482 e. The van der Waals surface area contributed by atoms with Crippen molar-refractivity contribution in [2.24, 2.45) is 0 Å².